The van der Waals surface area contributed by atoms with Gasteiger partial charge in [0.2, 0.25) is 0 Å². The molecule has 0 atom stereocenters. The molecule has 12 rings (SSSR count). The minimum Gasteiger partial charge on any atom is -0.456 e. The summed E-state index contributed by atoms with van der Waals surface area (Å²) in [5, 5.41) is 3.21. The van der Waals surface area contributed by atoms with E-state index in [1.54, 1.807) is 0 Å². The van der Waals surface area contributed by atoms with Crippen molar-refractivity contribution in [2.75, 3.05) is 9.80 Å². The minimum absolute atomic E-state index is 0.648. The monoisotopic (exact) mass is 1040 g/mol. The normalized spacial score (nSPS) is 11.3. The Morgan fingerprint density at radius 3 is 1.40 bits per heavy atom. The number of fused-ring (bicyclic) bond motifs is 7. The molecule has 9 aromatic carbocycles. The molecule has 25 radical (unpaired) electrons. The molecule has 2 aromatic heterocycles. The van der Waals surface area contributed by atoms with Crippen LogP contribution >= 0.6 is 0 Å². The second-order valence-corrected chi connectivity index (χ2v) is 21.3. The molecule has 11 aromatic rings. The summed E-state index contributed by atoms with van der Waals surface area (Å²) in [6.45, 7) is 0. The second-order valence-electron chi connectivity index (χ2n) is 21.3. The van der Waals surface area contributed by atoms with Crippen molar-refractivity contribution in [3.63, 3.8) is 0 Å². The molecular weight excluding hydrogens is 995 g/mol. The standard InChI is InChI=1S/C56H37N3O2.B23/c1-4-14-38(15-5-1)39-24-26-40(27-25-39)41-28-30-44(31-29-41)57(46-32-34-48-47-20-10-12-22-52(47)60-54(48)37-46)45-33-35-49-51(36-45)59(43-18-8-3-9-19-43)56-55(49)61-53-23-13-11-21-50(53)58(56)42-16-6-2-7-17-42;1-13-19(12)22(18(10)11)23(20(14(2)3)15(4)5)21(16(6)7)17(8)9/h1-37H;. The maximum absolute atomic E-state index is 6.89. The Hall–Kier alpha value is -6.79. The summed E-state index contributed by atoms with van der Waals surface area (Å²) >= 11 is 0. The van der Waals surface area contributed by atoms with Gasteiger partial charge in [0.25, 0.3) is 0 Å². The van der Waals surface area contributed by atoms with E-state index in [1.165, 1.54) is 18.2 Å². The third-order valence-electron chi connectivity index (χ3n) is 16.0. The maximum Gasteiger partial charge on any atom is 0.178 e. The van der Waals surface area contributed by atoms with Crippen molar-refractivity contribution >= 4 is 231 Å². The molecule has 0 fully saturated rings. The molecule has 0 unspecified atom stereocenters. The number of hydrogen-bond donors (Lipinski definition) is 0. The summed E-state index contributed by atoms with van der Waals surface area (Å²) in [7, 11) is 71.4. The van der Waals surface area contributed by atoms with Gasteiger partial charge in [-0.05, 0) is 107 Å². The highest BCUT2D eigenvalue weighted by molar-refractivity contribution is 8.22. The van der Waals surface area contributed by atoms with Gasteiger partial charge < -0.3 is 14.1 Å². The van der Waals surface area contributed by atoms with E-state index in [0.717, 1.165) is 95.4 Å². The SMILES string of the molecule is [B][B]B([B])B(B([B])[B])B(B(B([B])[B])B([B])[B])B(B([B])[B])B([B])[B].c1ccc(-c2ccc(-c3ccc(N(c4ccc5c(c4)oc4ccccc45)c4ccc5c6c(n(-c7ccccc7)c5c4)N(c4ccccc4)c4ccccc4O6)cc3)cc2)cc1. The summed E-state index contributed by atoms with van der Waals surface area (Å²) in [6, 6.07) is 79.0. The molecule has 0 spiro atoms. The first kappa shape index (κ1) is 59.0. The molecule has 1 aliphatic heterocycles. The molecule has 0 saturated heterocycles. The highest BCUT2D eigenvalue weighted by Gasteiger charge is 2.47. The van der Waals surface area contributed by atoms with Crippen LogP contribution in [0.15, 0.2) is 229 Å². The molecule has 0 saturated carbocycles. The lowest BCUT2D eigenvalue weighted by Gasteiger charge is -2.45. The van der Waals surface area contributed by atoms with E-state index in [-0.39, 0.29) is 0 Å². The first-order chi connectivity index (χ1) is 40.7. The largest absolute Gasteiger partial charge is 0.456 e. The highest BCUT2D eigenvalue weighted by atomic mass is 16.5. The quantitative estimate of drug-likeness (QED) is 0.0909. The third kappa shape index (κ3) is 11.8. The van der Waals surface area contributed by atoms with Gasteiger partial charge in [0.05, 0.1) is 11.2 Å². The van der Waals surface area contributed by atoms with Crippen LogP contribution in [0.3, 0.4) is 0 Å². The molecule has 0 N–H and O–H groups in total. The molecular formula is C56H37B23N3O2. The Morgan fingerprint density at radius 1 is 0.381 bits per heavy atom. The molecule has 28 heteroatoms. The molecule has 357 valence electrons. The van der Waals surface area contributed by atoms with Crippen molar-refractivity contribution in [1.29, 1.82) is 0 Å². The van der Waals surface area contributed by atoms with Crippen molar-refractivity contribution in [3.05, 3.63) is 224 Å². The number of rotatable bonds is 17. The van der Waals surface area contributed by atoms with Crippen LogP contribution in [0.2, 0.25) is 0 Å². The number of hydrogen-bond acceptors (Lipinski definition) is 4. The Bertz CT molecular complexity index is 3980. The number of aromatic nitrogens is 1. The molecule has 0 bridgehead atoms. The Balaban J connectivity index is 0.000000273. The maximum atomic E-state index is 6.89. The van der Waals surface area contributed by atoms with E-state index >= 15 is 0 Å². The van der Waals surface area contributed by atoms with Crippen LogP contribution in [-0.2, 0) is 0 Å². The number of nitrogens with zero attached hydrogens (tertiary/aromatic N) is 3. The van der Waals surface area contributed by atoms with Crippen molar-refractivity contribution in [2.24, 2.45) is 0 Å². The van der Waals surface area contributed by atoms with Crippen molar-refractivity contribution in [2.45, 2.75) is 0 Å². The first-order valence-corrected chi connectivity index (χ1v) is 27.9. The van der Waals surface area contributed by atoms with E-state index < -0.39 is 63.9 Å². The zero-order valence-corrected chi connectivity index (χ0v) is 46.3. The van der Waals surface area contributed by atoms with Crippen LogP contribution < -0.4 is 14.5 Å². The van der Waals surface area contributed by atoms with E-state index in [9.17, 15) is 0 Å². The second kappa shape index (κ2) is 25.8. The van der Waals surface area contributed by atoms with Crippen LogP contribution in [0.1, 0.15) is 0 Å². The number of ether oxygens (including phenoxy) is 1. The number of para-hydroxylation sites is 5. The smallest absolute Gasteiger partial charge is 0.178 e. The van der Waals surface area contributed by atoms with Gasteiger partial charge in [-0.1, -0.05) is 133 Å². The van der Waals surface area contributed by atoms with Gasteiger partial charge in [-0.3, -0.25) is 9.47 Å². The lowest BCUT2D eigenvalue weighted by molar-refractivity contribution is 0.481. The molecule has 0 amide bonds. The van der Waals surface area contributed by atoms with Gasteiger partial charge in [-0.2, -0.15) is 0 Å². The summed E-state index contributed by atoms with van der Waals surface area (Å²) in [6.07, 6.45) is -8.03. The Kier molecular flexibility index (Phi) is 18.1. The van der Waals surface area contributed by atoms with Gasteiger partial charge >= 0.3 is 0 Å². The van der Waals surface area contributed by atoms with Gasteiger partial charge in [-0.15, -0.1) is 0 Å². The topological polar surface area (TPSA) is 33.8 Å². The number of benzene rings is 9. The van der Waals surface area contributed by atoms with Crippen LogP contribution in [0.4, 0.5) is 34.3 Å². The third-order valence-corrected chi connectivity index (χ3v) is 16.0. The lowest BCUT2D eigenvalue weighted by Crippen LogP contribution is -2.83. The van der Waals surface area contributed by atoms with E-state index in [1.807, 2.05) is 24.3 Å². The summed E-state index contributed by atoms with van der Waals surface area (Å²) in [4.78, 5) is 4.64. The Morgan fingerprint density at radius 2 is 0.833 bits per heavy atom. The van der Waals surface area contributed by atoms with Crippen LogP contribution in [-0.4, -0.2) is 168 Å². The first-order valence-electron chi connectivity index (χ1n) is 27.9. The van der Waals surface area contributed by atoms with Gasteiger partial charge in [0.15, 0.2) is 17.3 Å². The number of anilines is 6. The fourth-order valence-corrected chi connectivity index (χ4v) is 12.1. The van der Waals surface area contributed by atoms with E-state index in [0.29, 0.717) is 0 Å². The molecule has 3 heterocycles. The highest BCUT2D eigenvalue weighted by Crippen LogP contribution is 2.56. The molecule has 1 aliphatic rings. The zero-order valence-electron chi connectivity index (χ0n) is 46.3. The van der Waals surface area contributed by atoms with Crippen LogP contribution in [0.25, 0.3) is 60.8 Å². The van der Waals surface area contributed by atoms with Gasteiger partial charge in [0.1, 0.15) is 11.2 Å². The van der Waals surface area contributed by atoms with Crippen molar-refractivity contribution < 1.29 is 9.15 Å². The molecule has 5 nitrogen and oxygen atoms in total. The summed E-state index contributed by atoms with van der Waals surface area (Å²) < 4.78 is 15.7. The fourth-order valence-electron chi connectivity index (χ4n) is 12.1. The average molecular weight is 1030 g/mol. The number of furan rings is 1. The average Bonchev–Trinajstić information content (AvgIpc) is 2.22. The predicted octanol–water partition coefficient (Wildman–Crippen LogP) is 7.15. The van der Waals surface area contributed by atoms with E-state index in [2.05, 4.69) is 215 Å². The van der Waals surface area contributed by atoms with Crippen LogP contribution in [0, 0.1) is 0 Å². The van der Waals surface area contributed by atoms with Gasteiger partial charge in [-0.25, -0.2) is 0 Å². The Labute approximate surface area is 514 Å². The van der Waals surface area contributed by atoms with Crippen LogP contribution in [0.5, 0.6) is 11.5 Å². The van der Waals surface area contributed by atoms with E-state index in [4.69, 9.17) is 102 Å². The summed E-state index contributed by atoms with van der Waals surface area (Å²) in [5.41, 5.74) is 13.5. The predicted molar refractivity (Wildman–Crippen MR) is 383 cm³/mol. The summed E-state index contributed by atoms with van der Waals surface area (Å²) in [5.74, 6) is 2.57. The van der Waals surface area contributed by atoms with Crippen molar-refractivity contribution in [3.8, 4) is 39.4 Å². The molecule has 84 heavy (non-hydrogen) atoms. The minimum atomic E-state index is -0.925. The lowest BCUT2D eigenvalue weighted by atomic mass is 8.36. The van der Waals surface area contributed by atoms with Gasteiger partial charge in [0, 0.05) is 214 Å². The molecule has 0 aliphatic carbocycles. The van der Waals surface area contributed by atoms with Crippen molar-refractivity contribution in [1.82, 2.24) is 4.57 Å². The fraction of sp³-hybridized carbons (Fsp3) is 0. The zero-order chi connectivity index (χ0) is 58.8.